The second kappa shape index (κ2) is 5.02. The molecule has 6 nitrogen and oxygen atoms in total. The largest absolute Gasteiger partial charge is 0.484 e. The normalized spacial score (nSPS) is 9.88. The molecule has 1 aromatic carbocycles. The molecule has 88 valence electrons. The number of nitrogen functional groups attached to an aromatic ring is 1. The Morgan fingerprint density at radius 3 is 3.12 bits per heavy atom. The van der Waals surface area contributed by atoms with Gasteiger partial charge in [0.2, 0.25) is 5.95 Å². The number of H-pyrrole nitrogens is 1. The van der Waals surface area contributed by atoms with Crippen molar-refractivity contribution in [1.29, 1.82) is 0 Å². The molecule has 1 amide bonds. The van der Waals surface area contributed by atoms with Crippen LogP contribution in [0.2, 0.25) is 0 Å². The number of aromatic amines is 1. The third kappa shape index (κ3) is 3.23. The summed E-state index contributed by atoms with van der Waals surface area (Å²) in [5.74, 6) is 0.660. The maximum atomic E-state index is 11.4. The van der Waals surface area contributed by atoms with E-state index in [-0.39, 0.29) is 12.5 Å². The van der Waals surface area contributed by atoms with E-state index in [0.29, 0.717) is 17.4 Å². The van der Waals surface area contributed by atoms with Gasteiger partial charge in [-0.15, -0.1) is 0 Å². The number of hydrogen-bond donors (Lipinski definition) is 3. The summed E-state index contributed by atoms with van der Waals surface area (Å²) in [5.41, 5.74) is 6.17. The molecule has 0 spiro atoms. The van der Waals surface area contributed by atoms with E-state index >= 15 is 0 Å². The SMILES string of the molecule is Nc1cccc(OCC(=O)Nc2ncc[nH]2)c1. The number of amides is 1. The summed E-state index contributed by atoms with van der Waals surface area (Å²) < 4.78 is 5.26. The Balaban J connectivity index is 1.84. The summed E-state index contributed by atoms with van der Waals surface area (Å²) in [7, 11) is 0. The highest BCUT2D eigenvalue weighted by Crippen LogP contribution is 2.14. The van der Waals surface area contributed by atoms with Gasteiger partial charge in [-0.1, -0.05) is 6.07 Å². The number of benzene rings is 1. The third-order valence-electron chi connectivity index (χ3n) is 1.98. The van der Waals surface area contributed by atoms with Crippen LogP contribution < -0.4 is 15.8 Å². The van der Waals surface area contributed by atoms with Crippen molar-refractivity contribution in [2.24, 2.45) is 0 Å². The summed E-state index contributed by atoms with van der Waals surface area (Å²) >= 11 is 0. The van der Waals surface area contributed by atoms with E-state index in [4.69, 9.17) is 10.5 Å². The highest BCUT2D eigenvalue weighted by atomic mass is 16.5. The van der Waals surface area contributed by atoms with Crippen LogP contribution in [-0.4, -0.2) is 22.5 Å². The number of aromatic nitrogens is 2. The van der Waals surface area contributed by atoms with E-state index in [1.54, 1.807) is 36.7 Å². The van der Waals surface area contributed by atoms with Crippen LogP contribution in [0.1, 0.15) is 0 Å². The maximum absolute atomic E-state index is 11.4. The van der Waals surface area contributed by atoms with Crippen molar-refractivity contribution < 1.29 is 9.53 Å². The molecule has 6 heteroatoms. The van der Waals surface area contributed by atoms with Crippen LogP contribution in [0.15, 0.2) is 36.7 Å². The van der Waals surface area contributed by atoms with Crippen molar-refractivity contribution >= 4 is 17.5 Å². The minimum Gasteiger partial charge on any atom is -0.484 e. The Morgan fingerprint density at radius 1 is 1.53 bits per heavy atom. The molecule has 0 atom stereocenters. The van der Waals surface area contributed by atoms with E-state index < -0.39 is 0 Å². The van der Waals surface area contributed by atoms with Gasteiger partial charge in [0.25, 0.3) is 5.91 Å². The van der Waals surface area contributed by atoms with E-state index in [0.717, 1.165) is 0 Å². The van der Waals surface area contributed by atoms with E-state index in [1.807, 2.05) is 0 Å². The second-order valence-corrected chi connectivity index (χ2v) is 3.35. The fraction of sp³-hybridized carbons (Fsp3) is 0.0909. The van der Waals surface area contributed by atoms with Crippen LogP contribution in [0.4, 0.5) is 11.6 Å². The molecule has 0 radical (unpaired) electrons. The number of carbonyl (C=O) groups is 1. The number of nitrogens with two attached hydrogens (primary N) is 1. The van der Waals surface area contributed by atoms with E-state index in [1.165, 1.54) is 0 Å². The number of carbonyl (C=O) groups excluding carboxylic acids is 1. The first-order chi connectivity index (χ1) is 8.24. The Kier molecular flexibility index (Phi) is 3.25. The molecular formula is C11H12N4O2. The molecule has 0 aliphatic heterocycles. The lowest BCUT2D eigenvalue weighted by Gasteiger charge is -2.06. The number of imidazole rings is 1. The zero-order chi connectivity index (χ0) is 12.1. The molecule has 0 saturated carbocycles. The molecule has 4 N–H and O–H groups in total. The van der Waals surface area contributed by atoms with Gasteiger partial charge in [0.05, 0.1) is 0 Å². The van der Waals surface area contributed by atoms with E-state index in [9.17, 15) is 4.79 Å². The Bertz CT molecular complexity index is 496. The molecule has 0 aliphatic carbocycles. The predicted molar refractivity (Wildman–Crippen MR) is 63.6 cm³/mol. The van der Waals surface area contributed by atoms with Crippen molar-refractivity contribution in [2.75, 3.05) is 17.7 Å². The van der Waals surface area contributed by atoms with Crippen LogP contribution in [-0.2, 0) is 4.79 Å². The number of rotatable bonds is 4. The Hall–Kier alpha value is -2.50. The molecule has 1 aromatic heterocycles. The monoisotopic (exact) mass is 232 g/mol. The minimum atomic E-state index is -0.289. The van der Waals surface area contributed by atoms with Crippen molar-refractivity contribution in [3.63, 3.8) is 0 Å². The first-order valence-corrected chi connectivity index (χ1v) is 5.01. The average molecular weight is 232 g/mol. The molecule has 2 aromatic rings. The number of ether oxygens (including phenoxy) is 1. The lowest BCUT2D eigenvalue weighted by Crippen LogP contribution is -2.20. The first kappa shape index (κ1) is 11.0. The predicted octanol–water partition coefficient (Wildman–Crippen LogP) is 1.01. The van der Waals surface area contributed by atoms with Gasteiger partial charge in [-0.05, 0) is 12.1 Å². The fourth-order valence-corrected chi connectivity index (χ4v) is 1.25. The van der Waals surface area contributed by atoms with Crippen molar-refractivity contribution in [2.45, 2.75) is 0 Å². The molecule has 0 bridgehead atoms. The van der Waals surface area contributed by atoms with Gasteiger partial charge in [0.15, 0.2) is 6.61 Å². The lowest BCUT2D eigenvalue weighted by molar-refractivity contribution is -0.118. The standard InChI is InChI=1S/C11H12N4O2/c12-8-2-1-3-9(6-8)17-7-10(16)15-11-13-4-5-14-11/h1-6H,7,12H2,(H2,13,14,15,16). The van der Waals surface area contributed by atoms with Gasteiger partial charge in [-0.25, -0.2) is 4.98 Å². The second-order valence-electron chi connectivity index (χ2n) is 3.35. The van der Waals surface area contributed by atoms with Gasteiger partial charge >= 0.3 is 0 Å². The number of hydrogen-bond acceptors (Lipinski definition) is 4. The highest BCUT2D eigenvalue weighted by Gasteiger charge is 2.04. The van der Waals surface area contributed by atoms with Gasteiger partial charge in [-0.3, -0.25) is 10.1 Å². The summed E-state index contributed by atoms with van der Waals surface area (Å²) in [6, 6.07) is 6.89. The smallest absolute Gasteiger partial charge is 0.264 e. The molecule has 0 aliphatic rings. The topological polar surface area (TPSA) is 93.0 Å². The fourth-order valence-electron chi connectivity index (χ4n) is 1.25. The quantitative estimate of drug-likeness (QED) is 0.686. The van der Waals surface area contributed by atoms with Crippen LogP contribution in [0, 0.1) is 0 Å². The Morgan fingerprint density at radius 2 is 2.41 bits per heavy atom. The Labute approximate surface area is 97.8 Å². The molecular weight excluding hydrogens is 220 g/mol. The summed E-state index contributed by atoms with van der Waals surface area (Å²) in [6.45, 7) is -0.0931. The molecule has 1 heterocycles. The summed E-state index contributed by atoms with van der Waals surface area (Å²) in [4.78, 5) is 18.1. The van der Waals surface area contributed by atoms with Crippen LogP contribution in [0.3, 0.4) is 0 Å². The average Bonchev–Trinajstić information content (AvgIpc) is 2.79. The lowest BCUT2D eigenvalue weighted by atomic mass is 10.3. The van der Waals surface area contributed by atoms with Gasteiger partial charge in [0.1, 0.15) is 5.75 Å². The zero-order valence-electron chi connectivity index (χ0n) is 9.01. The number of anilines is 2. The molecule has 0 unspecified atom stereocenters. The van der Waals surface area contributed by atoms with Crippen LogP contribution >= 0.6 is 0 Å². The maximum Gasteiger partial charge on any atom is 0.264 e. The minimum absolute atomic E-state index is 0.0931. The molecule has 2 rings (SSSR count). The van der Waals surface area contributed by atoms with Crippen LogP contribution in [0.5, 0.6) is 5.75 Å². The summed E-state index contributed by atoms with van der Waals surface area (Å²) in [5, 5.41) is 2.54. The zero-order valence-corrected chi connectivity index (χ0v) is 9.01. The van der Waals surface area contributed by atoms with Gasteiger partial charge in [0, 0.05) is 24.1 Å². The molecule has 17 heavy (non-hydrogen) atoms. The van der Waals surface area contributed by atoms with Crippen molar-refractivity contribution in [3.8, 4) is 5.75 Å². The van der Waals surface area contributed by atoms with Crippen molar-refractivity contribution in [1.82, 2.24) is 9.97 Å². The number of nitrogens with zero attached hydrogens (tertiary/aromatic N) is 1. The van der Waals surface area contributed by atoms with Crippen LogP contribution in [0.25, 0.3) is 0 Å². The molecule has 0 saturated heterocycles. The number of nitrogens with one attached hydrogen (secondary N) is 2. The van der Waals surface area contributed by atoms with Gasteiger partial charge < -0.3 is 15.5 Å². The van der Waals surface area contributed by atoms with Gasteiger partial charge in [-0.2, -0.15) is 0 Å². The first-order valence-electron chi connectivity index (χ1n) is 5.01. The highest BCUT2D eigenvalue weighted by molar-refractivity contribution is 5.90. The van der Waals surface area contributed by atoms with E-state index in [2.05, 4.69) is 15.3 Å². The van der Waals surface area contributed by atoms with Crippen molar-refractivity contribution in [3.05, 3.63) is 36.7 Å². The molecule has 0 fully saturated rings. The third-order valence-corrected chi connectivity index (χ3v) is 1.98. The summed E-state index contributed by atoms with van der Waals surface area (Å²) in [6.07, 6.45) is 3.17.